The van der Waals surface area contributed by atoms with Crippen LogP contribution in [0.4, 0.5) is 0 Å². The number of benzene rings is 1. The first-order valence-corrected chi connectivity index (χ1v) is 11.4. The van der Waals surface area contributed by atoms with Crippen molar-refractivity contribution in [3.63, 3.8) is 0 Å². The average molecular weight is 410 g/mol. The van der Waals surface area contributed by atoms with Crippen LogP contribution in [0.15, 0.2) is 30.3 Å². The van der Waals surface area contributed by atoms with Crippen molar-refractivity contribution in [1.82, 2.24) is 15.5 Å². The Morgan fingerprint density at radius 1 is 0.967 bits per heavy atom. The van der Waals surface area contributed by atoms with Crippen LogP contribution in [-0.2, 0) is 9.59 Å². The molecule has 0 unspecified atom stereocenters. The second-order valence-corrected chi connectivity index (χ2v) is 10.1. The lowest BCUT2D eigenvalue weighted by Gasteiger charge is -2.57. The number of carbonyl (C=O) groups excluding carboxylic acids is 3. The van der Waals surface area contributed by atoms with Crippen LogP contribution in [0.25, 0.3) is 0 Å². The van der Waals surface area contributed by atoms with Gasteiger partial charge in [0.15, 0.2) is 0 Å². The van der Waals surface area contributed by atoms with Crippen LogP contribution in [0, 0.1) is 17.8 Å². The second-order valence-electron chi connectivity index (χ2n) is 10.1. The van der Waals surface area contributed by atoms with Gasteiger partial charge in [-0.3, -0.25) is 24.6 Å². The summed E-state index contributed by atoms with van der Waals surface area (Å²) in [5.74, 6) is 1.70. The summed E-state index contributed by atoms with van der Waals surface area (Å²) in [4.78, 5) is 39.9. The van der Waals surface area contributed by atoms with E-state index in [0.29, 0.717) is 18.5 Å². The first-order valence-electron chi connectivity index (χ1n) is 11.4. The molecule has 30 heavy (non-hydrogen) atoms. The van der Waals surface area contributed by atoms with E-state index in [1.54, 1.807) is 24.3 Å². The number of rotatable bonds is 5. The van der Waals surface area contributed by atoms with E-state index in [1.165, 1.54) is 19.3 Å². The number of carbonyl (C=O) groups is 3. The molecule has 4 aliphatic carbocycles. The first kappa shape index (κ1) is 19.7. The molecule has 1 heterocycles. The molecule has 4 bridgehead atoms. The van der Waals surface area contributed by atoms with Crippen molar-refractivity contribution >= 4 is 17.7 Å². The summed E-state index contributed by atoms with van der Waals surface area (Å²) < 4.78 is 0. The normalized spacial score (nSPS) is 34.7. The van der Waals surface area contributed by atoms with Crippen LogP contribution in [0.1, 0.15) is 61.7 Å². The molecule has 160 valence electrons. The highest BCUT2D eigenvalue weighted by Crippen LogP contribution is 2.55. The molecule has 0 spiro atoms. The highest BCUT2D eigenvalue weighted by molar-refractivity contribution is 6.06. The highest BCUT2D eigenvalue weighted by atomic mass is 16.2. The zero-order valence-corrected chi connectivity index (χ0v) is 17.4. The fourth-order valence-electron chi connectivity index (χ4n) is 6.95. The molecule has 1 aliphatic heterocycles. The van der Waals surface area contributed by atoms with Crippen molar-refractivity contribution in [2.45, 2.75) is 62.9 Å². The Hall–Kier alpha value is -2.21. The summed E-state index contributed by atoms with van der Waals surface area (Å²) >= 11 is 0. The SMILES string of the molecule is O=C(CN1CCC[C@@H]1C(=O)NC(=O)c1ccccc1)NC12CC3CC(CC(C3)C1)C2. The minimum Gasteiger partial charge on any atom is -0.350 e. The van der Waals surface area contributed by atoms with Crippen molar-refractivity contribution in [3.05, 3.63) is 35.9 Å². The van der Waals surface area contributed by atoms with Crippen molar-refractivity contribution in [2.24, 2.45) is 17.8 Å². The van der Waals surface area contributed by atoms with Gasteiger partial charge in [0.1, 0.15) is 0 Å². The maximum atomic E-state index is 12.9. The average Bonchev–Trinajstić information content (AvgIpc) is 3.15. The largest absolute Gasteiger partial charge is 0.350 e. The van der Waals surface area contributed by atoms with E-state index in [1.807, 2.05) is 11.0 Å². The molecular formula is C24H31N3O3. The molecule has 1 atom stereocenters. The summed E-state index contributed by atoms with van der Waals surface area (Å²) in [6.45, 7) is 0.950. The van der Waals surface area contributed by atoms with Gasteiger partial charge in [-0.1, -0.05) is 18.2 Å². The van der Waals surface area contributed by atoms with Gasteiger partial charge in [-0.05, 0) is 87.8 Å². The molecule has 1 saturated heterocycles. The Labute approximate surface area is 177 Å². The quantitative estimate of drug-likeness (QED) is 0.733. The Kier molecular flexibility index (Phi) is 5.13. The van der Waals surface area contributed by atoms with Crippen LogP contribution in [-0.4, -0.2) is 47.3 Å². The van der Waals surface area contributed by atoms with Gasteiger partial charge in [0.25, 0.3) is 5.91 Å². The zero-order valence-electron chi connectivity index (χ0n) is 17.4. The number of nitrogens with one attached hydrogen (secondary N) is 2. The van der Waals surface area contributed by atoms with Gasteiger partial charge in [-0.15, -0.1) is 0 Å². The molecule has 0 radical (unpaired) electrons. The summed E-state index contributed by atoms with van der Waals surface area (Å²) in [6.07, 6.45) is 8.96. The van der Waals surface area contributed by atoms with E-state index >= 15 is 0 Å². The van der Waals surface area contributed by atoms with Crippen molar-refractivity contribution < 1.29 is 14.4 Å². The number of amides is 3. The Morgan fingerprint density at radius 2 is 1.60 bits per heavy atom. The molecule has 0 aromatic heterocycles. The topological polar surface area (TPSA) is 78.5 Å². The van der Waals surface area contributed by atoms with Crippen LogP contribution in [0.3, 0.4) is 0 Å². The van der Waals surface area contributed by atoms with Crippen LogP contribution >= 0.6 is 0 Å². The number of imide groups is 1. The lowest BCUT2D eigenvalue weighted by molar-refractivity contribution is -0.130. The molecule has 2 N–H and O–H groups in total. The van der Waals surface area contributed by atoms with Crippen molar-refractivity contribution in [3.8, 4) is 0 Å². The Bertz CT molecular complexity index is 802. The minimum atomic E-state index is -0.417. The van der Waals surface area contributed by atoms with E-state index in [-0.39, 0.29) is 29.8 Å². The first-order chi connectivity index (χ1) is 14.5. The van der Waals surface area contributed by atoms with Gasteiger partial charge in [0.05, 0.1) is 12.6 Å². The third-order valence-corrected chi connectivity index (χ3v) is 7.73. The third-order valence-electron chi connectivity index (χ3n) is 7.73. The molecule has 6 nitrogen and oxygen atoms in total. The standard InChI is InChI=1S/C24H31N3O3/c28-21(26-24-12-16-9-17(13-24)11-18(10-16)14-24)15-27-8-4-7-20(27)23(30)25-22(29)19-5-2-1-3-6-19/h1-3,5-6,16-18,20H,4,7-15H2,(H,26,28)(H,25,29,30)/t16?,17?,18?,20-,24?/m1/s1. The third kappa shape index (κ3) is 3.89. The van der Waals surface area contributed by atoms with E-state index < -0.39 is 6.04 Å². The Morgan fingerprint density at radius 3 is 2.23 bits per heavy atom. The maximum absolute atomic E-state index is 12.9. The van der Waals surface area contributed by atoms with Gasteiger partial charge in [-0.25, -0.2) is 0 Å². The molecule has 4 saturated carbocycles. The van der Waals surface area contributed by atoms with Gasteiger partial charge < -0.3 is 5.32 Å². The maximum Gasteiger partial charge on any atom is 0.257 e. The van der Waals surface area contributed by atoms with Crippen molar-refractivity contribution in [1.29, 1.82) is 0 Å². The molecule has 1 aromatic rings. The minimum absolute atomic E-state index is 0.00735. The Balaban J connectivity index is 1.18. The van der Waals surface area contributed by atoms with E-state index in [0.717, 1.165) is 43.4 Å². The summed E-state index contributed by atoms with van der Waals surface area (Å²) in [5, 5.41) is 5.92. The van der Waals surface area contributed by atoms with Crippen molar-refractivity contribution in [2.75, 3.05) is 13.1 Å². The van der Waals surface area contributed by atoms with E-state index in [2.05, 4.69) is 10.6 Å². The smallest absolute Gasteiger partial charge is 0.257 e. The fraction of sp³-hybridized carbons (Fsp3) is 0.625. The van der Waals surface area contributed by atoms with Gasteiger partial charge >= 0.3 is 0 Å². The predicted octanol–water partition coefficient (Wildman–Crippen LogP) is 2.49. The van der Waals surface area contributed by atoms with Gasteiger partial charge in [0, 0.05) is 11.1 Å². The lowest BCUT2D eigenvalue weighted by Crippen LogP contribution is -2.61. The fourth-order valence-corrected chi connectivity index (χ4v) is 6.95. The molecule has 5 aliphatic rings. The molecular weight excluding hydrogens is 378 g/mol. The van der Waals surface area contributed by atoms with Crippen LogP contribution in [0.5, 0.6) is 0 Å². The van der Waals surface area contributed by atoms with Gasteiger partial charge in [-0.2, -0.15) is 0 Å². The number of hydrogen-bond donors (Lipinski definition) is 2. The highest BCUT2D eigenvalue weighted by Gasteiger charge is 2.51. The van der Waals surface area contributed by atoms with E-state index in [4.69, 9.17) is 0 Å². The molecule has 1 aromatic carbocycles. The number of hydrogen-bond acceptors (Lipinski definition) is 4. The second kappa shape index (κ2) is 7.80. The zero-order chi connectivity index (χ0) is 20.7. The number of likely N-dealkylation sites (tertiary alicyclic amines) is 1. The molecule has 3 amide bonds. The summed E-state index contributed by atoms with van der Waals surface area (Å²) in [5.41, 5.74) is 0.460. The van der Waals surface area contributed by atoms with Crippen LogP contribution in [0.2, 0.25) is 0 Å². The molecule has 6 rings (SSSR count). The van der Waals surface area contributed by atoms with Gasteiger partial charge in [0.2, 0.25) is 11.8 Å². The summed E-state index contributed by atoms with van der Waals surface area (Å²) in [7, 11) is 0. The van der Waals surface area contributed by atoms with Crippen LogP contribution < -0.4 is 10.6 Å². The molecule has 6 heteroatoms. The van der Waals surface area contributed by atoms with E-state index in [9.17, 15) is 14.4 Å². The monoisotopic (exact) mass is 409 g/mol. The lowest BCUT2D eigenvalue weighted by atomic mass is 9.53. The predicted molar refractivity (Wildman–Crippen MR) is 113 cm³/mol. The molecule has 5 fully saturated rings. The number of nitrogens with zero attached hydrogens (tertiary/aromatic N) is 1. The summed E-state index contributed by atoms with van der Waals surface area (Å²) in [6, 6.07) is 8.34.